The maximum atomic E-state index is 6.07. The van der Waals surface area contributed by atoms with Crippen LogP contribution in [0, 0.1) is 18.3 Å². The fraction of sp³-hybridized carbons (Fsp3) is 0.778. The summed E-state index contributed by atoms with van der Waals surface area (Å²) < 4.78 is 6.07. The molecule has 1 aromatic heterocycles. The molecule has 0 spiro atoms. The molecule has 24 heavy (non-hydrogen) atoms. The van der Waals surface area contributed by atoms with Crippen LogP contribution in [0.25, 0.3) is 0 Å². The van der Waals surface area contributed by atoms with Crippen LogP contribution in [-0.2, 0) is 11.3 Å². The summed E-state index contributed by atoms with van der Waals surface area (Å²) in [5.74, 6) is 1.38. The van der Waals surface area contributed by atoms with Crippen LogP contribution in [0.4, 0.5) is 0 Å². The van der Waals surface area contributed by atoms with Gasteiger partial charge >= 0.3 is 0 Å². The van der Waals surface area contributed by atoms with Gasteiger partial charge in [-0.2, -0.15) is 0 Å². The van der Waals surface area contributed by atoms with Crippen molar-refractivity contribution in [3.8, 4) is 0 Å². The van der Waals surface area contributed by atoms with Crippen molar-refractivity contribution in [3.63, 3.8) is 0 Å². The van der Waals surface area contributed by atoms with Crippen LogP contribution in [0.1, 0.15) is 50.4 Å². The molecule has 2 atom stereocenters. The minimum absolute atomic E-state index is 0.167. The van der Waals surface area contributed by atoms with Crippen LogP contribution in [0.5, 0.6) is 0 Å². The van der Waals surface area contributed by atoms with Gasteiger partial charge in [-0.25, -0.2) is 9.98 Å². The quantitative estimate of drug-likeness (QED) is 0.630. The molecule has 0 bridgehead atoms. The molecule has 1 fully saturated rings. The Kier molecular flexibility index (Phi) is 7.04. The van der Waals surface area contributed by atoms with Crippen molar-refractivity contribution in [2.24, 2.45) is 16.3 Å². The number of rotatable bonds is 5. The predicted octanol–water partition coefficient (Wildman–Crippen LogP) is 3.35. The molecule has 0 aromatic carbocycles. The summed E-state index contributed by atoms with van der Waals surface area (Å²) in [4.78, 5) is 10.3. The number of aromatic nitrogens is 1. The van der Waals surface area contributed by atoms with Crippen molar-refractivity contribution < 1.29 is 4.74 Å². The van der Waals surface area contributed by atoms with Gasteiger partial charge in [0.05, 0.1) is 12.6 Å². The molecular weight excluding hydrogens is 320 g/mol. The second-order valence-electron chi connectivity index (χ2n) is 7.50. The normalized spacial score (nSPS) is 22.5. The van der Waals surface area contributed by atoms with Crippen molar-refractivity contribution in [1.29, 1.82) is 0 Å². The molecule has 2 unspecified atom stereocenters. The summed E-state index contributed by atoms with van der Waals surface area (Å²) in [7, 11) is 0. The molecule has 1 saturated heterocycles. The molecule has 0 radical (unpaired) electrons. The van der Waals surface area contributed by atoms with Crippen molar-refractivity contribution in [2.45, 2.75) is 60.1 Å². The van der Waals surface area contributed by atoms with Gasteiger partial charge in [0.1, 0.15) is 5.01 Å². The van der Waals surface area contributed by atoms with Gasteiger partial charge in [0.25, 0.3) is 0 Å². The summed E-state index contributed by atoms with van der Waals surface area (Å²) in [6, 6.07) is 0. The van der Waals surface area contributed by atoms with E-state index in [1.54, 1.807) is 11.3 Å². The standard InChI is InChI=1S/C18H32N4OS/c1-6-19-17(22-12-15-20-10-13(2)24-15)21-11-14-8-7-9-23-16(14)18(3,4)5/h10,14,16H,6-9,11-12H2,1-5H3,(H2,19,21,22). The Morgan fingerprint density at radius 2 is 2.21 bits per heavy atom. The first-order valence-corrected chi connectivity index (χ1v) is 9.77. The third-order valence-electron chi connectivity index (χ3n) is 4.22. The Labute approximate surface area is 150 Å². The van der Waals surface area contributed by atoms with Crippen LogP contribution in [0.15, 0.2) is 11.2 Å². The zero-order valence-electron chi connectivity index (χ0n) is 15.7. The topological polar surface area (TPSA) is 58.5 Å². The van der Waals surface area contributed by atoms with E-state index in [1.807, 2.05) is 6.20 Å². The Morgan fingerprint density at radius 3 is 2.83 bits per heavy atom. The van der Waals surface area contributed by atoms with Gasteiger partial charge in [-0.1, -0.05) is 20.8 Å². The van der Waals surface area contributed by atoms with E-state index in [4.69, 9.17) is 4.74 Å². The maximum Gasteiger partial charge on any atom is 0.191 e. The third-order valence-corrected chi connectivity index (χ3v) is 5.11. The zero-order chi connectivity index (χ0) is 17.6. The number of nitrogens with zero attached hydrogens (tertiary/aromatic N) is 2. The highest BCUT2D eigenvalue weighted by atomic mass is 32.1. The molecular formula is C18H32N4OS. The summed E-state index contributed by atoms with van der Waals surface area (Å²) in [6.07, 6.45) is 4.55. The second-order valence-corrected chi connectivity index (χ2v) is 8.82. The van der Waals surface area contributed by atoms with E-state index >= 15 is 0 Å². The minimum atomic E-state index is 0.167. The molecule has 0 amide bonds. The Bertz CT molecular complexity index is 535. The summed E-state index contributed by atoms with van der Waals surface area (Å²) in [5, 5.41) is 7.89. The largest absolute Gasteiger partial charge is 0.377 e. The van der Waals surface area contributed by atoms with Gasteiger partial charge in [-0.05, 0) is 32.1 Å². The highest BCUT2D eigenvalue weighted by Gasteiger charge is 2.35. The summed E-state index contributed by atoms with van der Waals surface area (Å²) in [5.41, 5.74) is 0.167. The highest BCUT2D eigenvalue weighted by Crippen LogP contribution is 2.33. The Morgan fingerprint density at radius 1 is 1.42 bits per heavy atom. The molecule has 1 aromatic rings. The number of aliphatic imine (C=N–C) groups is 1. The molecule has 136 valence electrons. The number of ether oxygens (including phenoxy) is 1. The number of hydrogen-bond donors (Lipinski definition) is 2. The average Bonchev–Trinajstić information content (AvgIpc) is 2.95. The average molecular weight is 353 g/mol. The number of nitrogens with one attached hydrogen (secondary N) is 2. The van der Waals surface area contributed by atoms with Crippen LogP contribution in [0.2, 0.25) is 0 Å². The first-order chi connectivity index (χ1) is 11.4. The van der Waals surface area contributed by atoms with E-state index in [-0.39, 0.29) is 5.41 Å². The Balaban J connectivity index is 1.94. The minimum Gasteiger partial charge on any atom is -0.377 e. The van der Waals surface area contributed by atoms with Crippen molar-refractivity contribution in [3.05, 3.63) is 16.1 Å². The lowest BCUT2D eigenvalue weighted by Gasteiger charge is -2.40. The summed E-state index contributed by atoms with van der Waals surface area (Å²) in [6.45, 7) is 14.2. The number of aryl methyl sites for hydroxylation is 1. The lowest BCUT2D eigenvalue weighted by molar-refractivity contribution is -0.0835. The molecule has 0 saturated carbocycles. The molecule has 5 nitrogen and oxygen atoms in total. The first-order valence-electron chi connectivity index (χ1n) is 8.95. The first kappa shape index (κ1) is 19.2. The molecule has 1 aliphatic rings. The van der Waals surface area contributed by atoms with Gasteiger partial charge < -0.3 is 15.4 Å². The number of thiazole rings is 1. The fourth-order valence-electron chi connectivity index (χ4n) is 3.20. The van der Waals surface area contributed by atoms with Crippen molar-refractivity contribution in [1.82, 2.24) is 15.6 Å². The van der Waals surface area contributed by atoms with Gasteiger partial charge in [-0.3, -0.25) is 0 Å². The van der Waals surface area contributed by atoms with Gasteiger partial charge in [0, 0.05) is 36.7 Å². The van der Waals surface area contributed by atoms with E-state index in [0.29, 0.717) is 18.6 Å². The smallest absolute Gasteiger partial charge is 0.191 e. The molecule has 6 heteroatoms. The van der Waals surface area contributed by atoms with Crippen molar-refractivity contribution in [2.75, 3.05) is 19.7 Å². The SMILES string of the molecule is CCNC(=NCc1ncc(C)s1)NCC1CCCOC1C(C)(C)C. The fourth-order valence-corrected chi connectivity index (χ4v) is 3.91. The van der Waals surface area contributed by atoms with Crippen LogP contribution < -0.4 is 10.6 Å². The van der Waals surface area contributed by atoms with Crippen LogP contribution >= 0.6 is 11.3 Å². The van der Waals surface area contributed by atoms with Gasteiger partial charge in [-0.15, -0.1) is 11.3 Å². The number of guanidine groups is 1. The van der Waals surface area contributed by atoms with Crippen LogP contribution in [-0.4, -0.2) is 36.7 Å². The second kappa shape index (κ2) is 8.81. The lowest BCUT2D eigenvalue weighted by Crippen LogP contribution is -2.47. The van der Waals surface area contributed by atoms with E-state index in [2.05, 4.69) is 55.2 Å². The van der Waals surface area contributed by atoms with E-state index in [9.17, 15) is 0 Å². The third kappa shape index (κ3) is 5.74. The predicted molar refractivity (Wildman–Crippen MR) is 102 cm³/mol. The lowest BCUT2D eigenvalue weighted by atomic mass is 9.78. The van der Waals surface area contributed by atoms with E-state index in [0.717, 1.165) is 37.1 Å². The summed E-state index contributed by atoms with van der Waals surface area (Å²) >= 11 is 1.70. The Hall–Kier alpha value is -1.14. The highest BCUT2D eigenvalue weighted by molar-refractivity contribution is 7.11. The molecule has 2 N–H and O–H groups in total. The molecule has 2 rings (SSSR count). The van der Waals surface area contributed by atoms with Crippen molar-refractivity contribution >= 4 is 17.3 Å². The van der Waals surface area contributed by atoms with Crippen LogP contribution in [0.3, 0.4) is 0 Å². The van der Waals surface area contributed by atoms with E-state index in [1.165, 1.54) is 11.3 Å². The molecule has 1 aliphatic heterocycles. The molecule has 0 aliphatic carbocycles. The molecule has 2 heterocycles. The van der Waals surface area contributed by atoms with E-state index < -0.39 is 0 Å². The monoisotopic (exact) mass is 352 g/mol. The zero-order valence-corrected chi connectivity index (χ0v) is 16.5. The number of hydrogen-bond acceptors (Lipinski definition) is 4. The van der Waals surface area contributed by atoms with Gasteiger partial charge in [0.15, 0.2) is 5.96 Å². The van der Waals surface area contributed by atoms with Gasteiger partial charge in [0.2, 0.25) is 0 Å². The maximum absolute atomic E-state index is 6.07.